The molecule has 0 aromatic carbocycles. The van der Waals surface area contributed by atoms with Gasteiger partial charge in [0.2, 0.25) is 0 Å². The summed E-state index contributed by atoms with van der Waals surface area (Å²) in [5.74, 6) is -0.822. The molecule has 0 unspecified atom stereocenters. The summed E-state index contributed by atoms with van der Waals surface area (Å²) in [6.07, 6.45) is 0. The lowest BCUT2D eigenvalue weighted by Crippen LogP contribution is -2.03. The molecule has 2 aromatic heterocycles. The van der Waals surface area contributed by atoms with Gasteiger partial charge in [0.05, 0.1) is 0 Å². The summed E-state index contributed by atoms with van der Waals surface area (Å²) in [6.45, 7) is 0. The van der Waals surface area contributed by atoms with Gasteiger partial charge in [-0.15, -0.1) is 11.3 Å². The number of hydrogen-bond acceptors (Lipinski definition) is 4. The molecule has 0 saturated heterocycles. The Kier molecular flexibility index (Phi) is 2.39. The third-order valence-corrected chi connectivity index (χ3v) is 2.83. The molecule has 3 N–H and O–H groups in total. The van der Waals surface area contributed by atoms with E-state index < -0.39 is 5.97 Å². The molecule has 0 spiro atoms. The number of hydrogen-bond donors (Lipinski definition) is 2. The SMILES string of the molecule is Nc1nc(C(=O)O)ccc1-c1cccs1. The monoisotopic (exact) mass is 220 g/mol. The Hall–Kier alpha value is -1.88. The standard InChI is InChI=1S/C10H8N2O2S/c11-9-6(8-2-1-5-15-8)3-4-7(12-9)10(13)14/h1-5H,(H2,11,12)(H,13,14). The number of aromatic nitrogens is 1. The number of anilines is 1. The maximum Gasteiger partial charge on any atom is 0.354 e. The molecule has 2 aromatic rings. The van der Waals surface area contributed by atoms with Crippen molar-refractivity contribution in [3.8, 4) is 10.4 Å². The summed E-state index contributed by atoms with van der Waals surface area (Å²) in [5.41, 5.74) is 6.42. The molecule has 5 heteroatoms. The van der Waals surface area contributed by atoms with Gasteiger partial charge in [-0.3, -0.25) is 0 Å². The van der Waals surface area contributed by atoms with E-state index in [1.54, 1.807) is 6.07 Å². The highest BCUT2D eigenvalue weighted by atomic mass is 32.1. The van der Waals surface area contributed by atoms with Crippen molar-refractivity contribution in [3.63, 3.8) is 0 Å². The highest BCUT2D eigenvalue weighted by Crippen LogP contribution is 2.28. The molecular weight excluding hydrogens is 212 g/mol. The number of carboxylic acid groups (broad SMARTS) is 1. The van der Waals surface area contributed by atoms with Crippen molar-refractivity contribution in [1.29, 1.82) is 0 Å². The van der Waals surface area contributed by atoms with Crippen molar-refractivity contribution in [3.05, 3.63) is 35.3 Å². The van der Waals surface area contributed by atoms with Crippen LogP contribution >= 0.6 is 11.3 Å². The van der Waals surface area contributed by atoms with E-state index in [0.29, 0.717) is 0 Å². The van der Waals surface area contributed by atoms with Gasteiger partial charge in [-0.2, -0.15) is 0 Å². The van der Waals surface area contributed by atoms with Crippen LogP contribution in [0.2, 0.25) is 0 Å². The van der Waals surface area contributed by atoms with E-state index in [1.165, 1.54) is 17.4 Å². The Balaban J connectivity index is 2.48. The van der Waals surface area contributed by atoms with Gasteiger partial charge < -0.3 is 10.8 Å². The fourth-order valence-corrected chi connectivity index (χ4v) is 1.99. The van der Waals surface area contributed by atoms with Gasteiger partial charge in [0, 0.05) is 10.4 Å². The van der Waals surface area contributed by atoms with Gasteiger partial charge in [0.1, 0.15) is 5.82 Å². The van der Waals surface area contributed by atoms with Crippen molar-refractivity contribution >= 4 is 23.1 Å². The second-order valence-electron chi connectivity index (χ2n) is 2.91. The maximum absolute atomic E-state index is 10.6. The number of pyridine rings is 1. The molecule has 0 aliphatic rings. The second kappa shape index (κ2) is 3.70. The van der Waals surface area contributed by atoms with Crippen molar-refractivity contribution in [2.24, 2.45) is 0 Å². The average Bonchev–Trinajstić information content (AvgIpc) is 2.70. The molecule has 0 radical (unpaired) electrons. The number of nitrogens with zero attached hydrogens (tertiary/aromatic N) is 1. The number of carboxylic acids is 1. The highest BCUT2D eigenvalue weighted by molar-refractivity contribution is 7.13. The lowest BCUT2D eigenvalue weighted by Gasteiger charge is -2.02. The van der Waals surface area contributed by atoms with Crippen LogP contribution in [0, 0.1) is 0 Å². The molecule has 2 heterocycles. The molecule has 76 valence electrons. The molecule has 0 atom stereocenters. The van der Waals surface area contributed by atoms with Gasteiger partial charge in [-0.05, 0) is 23.6 Å². The first-order chi connectivity index (χ1) is 7.18. The minimum absolute atomic E-state index is 0.0344. The Morgan fingerprint density at radius 1 is 1.40 bits per heavy atom. The average molecular weight is 220 g/mol. The summed E-state index contributed by atoms with van der Waals surface area (Å²) < 4.78 is 0. The zero-order valence-electron chi connectivity index (χ0n) is 7.68. The van der Waals surface area contributed by atoms with E-state index in [-0.39, 0.29) is 11.5 Å². The number of nitrogens with two attached hydrogens (primary N) is 1. The predicted octanol–water partition coefficient (Wildman–Crippen LogP) is 2.09. The number of rotatable bonds is 2. The van der Waals surface area contributed by atoms with Crippen molar-refractivity contribution in [2.45, 2.75) is 0 Å². The van der Waals surface area contributed by atoms with E-state index in [1.807, 2.05) is 17.5 Å². The van der Waals surface area contributed by atoms with Crippen LogP contribution in [0.25, 0.3) is 10.4 Å². The fourth-order valence-electron chi connectivity index (χ4n) is 1.23. The second-order valence-corrected chi connectivity index (χ2v) is 3.86. The Bertz CT molecular complexity index is 494. The first-order valence-electron chi connectivity index (χ1n) is 4.22. The Labute approximate surface area is 90.0 Å². The van der Waals surface area contributed by atoms with Crippen LogP contribution in [-0.2, 0) is 0 Å². The van der Waals surface area contributed by atoms with Gasteiger partial charge in [-0.25, -0.2) is 9.78 Å². The van der Waals surface area contributed by atoms with Crippen molar-refractivity contribution in [2.75, 3.05) is 5.73 Å². The third-order valence-electron chi connectivity index (χ3n) is 1.93. The third kappa shape index (κ3) is 1.82. The summed E-state index contributed by atoms with van der Waals surface area (Å²) in [7, 11) is 0. The molecule has 0 aliphatic heterocycles. The molecule has 0 saturated carbocycles. The molecule has 2 rings (SSSR count). The van der Waals surface area contributed by atoms with Crippen LogP contribution in [0.5, 0.6) is 0 Å². The molecular formula is C10H8N2O2S. The number of thiophene rings is 1. The summed E-state index contributed by atoms with van der Waals surface area (Å²) in [5, 5.41) is 10.6. The van der Waals surface area contributed by atoms with E-state index >= 15 is 0 Å². The zero-order chi connectivity index (χ0) is 10.8. The van der Waals surface area contributed by atoms with Crippen LogP contribution in [0.1, 0.15) is 10.5 Å². The normalized spacial score (nSPS) is 10.1. The Morgan fingerprint density at radius 3 is 2.73 bits per heavy atom. The van der Waals surface area contributed by atoms with E-state index in [4.69, 9.17) is 10.8 Å². The van der Waals surface area contributed by atoms with Crippen LogP contribution in [0.4, 0.5) is 5.82 Å². The number of aromatic carboxylic acids is 1. The quantitative estimate of drug-likeness (QED) is 0.812. The Morgan fingerprint density at radius 2 is 2.20 bits per heavy atom. The van der Waals surface area contributed by atoms with Crippen molar-refractivity contribution < 1.29 is 9.90 Å². The van der Waals surface area contributed by atoms with E-state index in [2.05, 4.69) is 4.98 Å². The molecule has 15 heavy (non-hydrogen) atoms. The van der Waals surface area contributed by atoms with E-state index in [0.717, 1.165) is 10.4 Å². The molecule has 4 nitrogen and oxygen atoms in total. The van der Waals surface area contributed by atoms with Crippen LogP contribution in [0.3, 0.4) is 0 Å². The van der Waals surface area contributed by atoms with Gasteiger partial charge in [0.15, 0.2) is 5.69 Å². The predicted molar refractivity (Wildman–Crippen MR) is 58.9 cm³/mol. The molecule has 0 bridgehead atoms. The number of nitrogen functional groups attached to an aromatic ring is 1. The fraction of sp³-hybridized carbons (Fsp3) is 0. The van der Waals surface area contributed by atoms with Crippen LogP contribution in [-0.4, -0.2) is 16.1 Å². The highest BCUT2D eigenvalue weighted by Gasteiger charge is 2.09. The van der Waals surface area contributed by atoms with Gasteiger partial charge in [0.25, 0.3) is 0 Å². The minimum atomic E-state index is -1.07. The summed E-state index contributed by atoms with van der Waals surface area (Å²) in [4.78, 5) is 15.4. The van der Waals surface area contributed by atoms with E-state index in [9.17, 15) is 4.79 Å². The summed E-state index contributed by atoms with van der Waals surface area (Å²) in [6, 6.07) is 6.95. The lowest BCUT2D eigenvalue weighted by atomic mass is 10.2. The minimum Gasteiger partial charge on any atom is -0.477 e. The smallest absolute Gasteiger partial charge is 0.354 e. The topological polar surface area (TPSA) is 76.2 Å². The largest absolute Gasteiger partial charge is 0.477 e. The maximum atomic E-state index is 10.6. The first-order valence-corrected chi connectivity index (χ1v) is 5.10. The van der Waals surface area contributed by atoms with Gasteiger partial charge in [-0.1, -0.05) is 6.07 Å². The lowest BCUT2D eigenvalue weighted by molar-refractivity contribution is 0.0690. The van der Waals surface area contributed by atoms with Crippen LogP contribution < -0.4 is 5.73 Å². The first kappa shape index (κ1) is 9.67. The molecule has 0 aliphatic carbocycles. The van der Waals surface area contributed by atoms with Crippen molar-refractivity contribution in [1.82, 2.24) is 4.98 Å². The zero-order valence-corrected chi connectivity index (χ0v) is 8.49. The molecule has 0 fully saturated rings. The molecule has 0 amide bonds. The number of carbonyl (C=O) groups is 1. The summed E-state index contributed by atoms with van der Waals surface area (Å²) >= 11 is 1.54. The van der Waals surface area contributed by atoms with Gasteiger partial charge >= 0.3 is 5.97 Å². The van der Waals surface area contributed by atoms with Crippen LogP contribution in [0.15, 0.2) is 29.6 Å².